The van der Waals surface area contributed by atoms with Gasteiger partial charge in [0.1, 0.15) is 11.1 Å². The number of halogens is 1. The zero-order valence-electron chi connectivity index (χ0n) is 13.0. The molecule has 8 heteroatoms. The molecule has 0 spiro atoms. The molecule has 2 unspecified atom stereocenters. The van der Waals surface area contributed by atoms with Crippen molar-refractivity contribution in [1.29, 1.82) is 0 Å². The predicted molar refractivity (Wildman–Crippen MR) is 82.1 cm³/mol. The molecule has 2 atom stereocenters. The van der Waals surface area contributed by atoms with Crippen LogP contribution in [0.2, 0.25) is 0 Å². The van der Waals surface area contributed by atoms with Gasteiger partial charge in [-0.3, -0.25) is 4.79 Å². The van der Waals surface area contributed by atoms with Crippen molar-refractivity contribution in [2.45, 2.75) is 37.0 Å². The fourth-order valence-electron chi connectivity index (χ4n) is 2.54. The first-order valence-electron chi connectivity index (χ1n) is 7.21. The lowest BCUT2D eigenvalue weighted by Crippen LogP contribution is -2.39. The monoisotopic (exact) mass is 345 g/mol. The third-order valence-corrected chi connectivity index (χ3v) is 5.63. The van der Waals surface area contributed by atoms with Crippen LogP contribution in [0.1, 0.15) is 31.7 Å². The number of rotatable bonds is 6. The number of carbonyl (C=O) groups is 1. The first kappa shape index (κ1) is 17.8. The molecule has 6 nitrogen and oxygen atoms in total. The van der Waals surface area contributed by atoms with E-state index in [0.717, 1.165) is 12.1 Å². The van der Waals surface area contributed by atoms with Gasteiger partial charge in [0.15, 0.2) is 0 Å². The molecule has 1 aliphatic rings. The Bertz CT molecular complexity index is 672. The Morgan fingerprint density at radius 3 is 2.52 bits per heavy atom. The maximum atomic E-state index is 12.9. The van der Waals surface area contributed by atoms with Crippen LogP contribution in [0.3, 0.4) is 0 Å². The standard InChI is InChI=1S/C15H20FNO5S/c1-15(2)7-12(9-22-15)23(20,21)17-8-13(14(18)19)10-3-5-11(16)6-4-10/h3-6,12-13,17H,7-9H2,1-2H3,(H,18,19). The lowest BCUT2D eigenvalue weighted by molar-refractivity contribution is -0.138. The number of carboxylic acids is 1. The smallest absolute Gasteiger partial charge is 0.312 e. The van der Waals surface area contributed by atoms with Crippen LogP contribution in [-0.4, -0.2) is 43.5 Å². The van der Waals surface area contributed by atoms with Gasteiger partial charge in [-0.1, -0.05) is 12.1 Å². The summed E-state index contributed by atoms with van der Waals surface area (Å²) in [6.45, 7) is 3.40. The number of carboxylic acid groups (broad SMARTS) is 1. The molecular weight excluding hydrogens is 325 g/mol. The second-order valence-electron chi connectivity index (χ2n) is 6.23. The number of hydrogen-bond donors (Lipinski definition) is 2. The zero-order chi connectivity index (χ0) is 17.3. The first-order chi connectivity index (χ1) is 10.6. The van der Waals surface area contributed by atoms with E-state index < -0.39 is 38.6 Å². The maximum absolute atomic E-state index is 12.9. The summed E-state index contributed by atoms with van der Waals surface area (Å²) in [5.74, 6) is -2.74. The van der Waals surface area contributed by atoms with E-state index >= 15 is 0 Å². The van der Waals surface area contributed by atoms with Crippen LogP contribution in [0, 0.1) is 5.82 Å². The number of benzene rings is 1. The molecule has 0 amide bonds. The molecule has 1 fully saturated rings. The predicted octanol–water partition coefficient (Wildman–Crippen LogP) is 1.48. The number of nitrogens with one attached hydrogen (secondary N) is 1. The van der Waals surface area contributed by atoms with Crippen LogP contribution in [-0.2, 0) is 19.6 Å². The van der Waals surface area contributed by atoms with Crippen LogP contribution in [0.4, 0.5) is 4.39 Å². The van der Waals surface area contributed by atoms with Crippen molar-refractivity contribution < 1.29 is 27.4 Å². The van der Waals surface area contributed by atoms with Crippen LogP contribution < -0.4 is 4.72 Å². The maximum Gasteiger partial charge on any atom is 0.312 e. The van der Waals surface area contributed by atoms with Gasteiger partial charge in [-0.25, -0.2) is 17.5 Å². The SMILES string of the molecule is CC1(C)CC(S(=O)(=O)NCC(C(=O)O)c2ccc(F)cc2)CO1. The summed E-state index contributed by atoms with van der Waals surface area (Å²) in [5, 5.41) is 8.58. The van der Waals surface area contributed by atoms with E-state index in [-0.39, 0.29) is 13.2 Å². The molecule has 2 N–H and O–H groups in total. The minimum atomic E-state index is -3.69. The van der Waals surface area contributed by atoms with Crippen molar-refractivity contribution in [3.63, 3.8) is 0 Å². The van der Waals surface area contributed by atoms with Crippen LogP contribution >= 0.6 is 0 Å². The molecule has 1 aromatic carbocycles. The number of sulfonamides is 1. The summed E-state index contributed by atoms with van der Waals surface area (Å²) >= 11 is 0. The van der Waals surface area contributed by atoms with Crippen molar-refractivity contribution in [3.8, 4) is 0 Å². The van der Waals surface area contributed by atoms with Crippen molar-refractivity contribution >= 4 is 16.0 Å². The Labute approximate surface area is 134 Å². The summed E-state index contributed by atoms with van der Waals surface area (Å²) in [6.07, 6.45) is 0.344. The van der Waals surface area contributed by atoms with Gasteiger partial charge >= 0.3 is 5.97 Å². The zero-order valence-corrected chi connectivity index (χ0v) is 13.8. The highest BCUT2D eigenvalue weighted by atomic mass is 32.2. The molecule has 23 heavy (non-hydrogen) atoms. The third kappa shape index (κ3) is 4.49. The number of hydrogen-bond acceptors (Lipinski definition) is 4. The van der Waals surface area contributed by atoms with Gasteiger partial charge in [0.05, 0.1) is 18.1 Å². The van der Waals surface area contributed by atoms with Gasteiger partial charge in [0, 0.05) is 6.54 Å². The van der Waals surface area contributed by atoms with Crippen LogP contribution in [0.25, 0.3) is 0 Å². The molecule has 0 aliphatic carbocycles. The Morgan fingerprint density at radius 1 is 1.43 bits per heavy atom. The Balaban J connectivity index is 2.07. The topological polar surface area (TPSA) is 92.7 Å². The van der Waals surface area contributed by atoms with Gasteiger partial charge in [-0.2, -0.15) is 0 Å². The molecule has 1 saturated heterocycles. The third-order valence-electron chi connectivity index (χ3n) is 3.88. The average Bonchev–Trinajstić information content (AvgIpc) is 2.81. The van der Waals surface area contributed by atoms with Gasteiger partial charge < -0.3 is 9.84 Å². The minimum absolute atomic E-state index is 0.0800. The quantitative estimate of drug-likeness (QED) is 0.815. The van der Waals surface area contributed by atoms with Crippen molar-refractivity contribution in [3.05, 3.63) is 35.6 Å². The minimum Gasteiger partial charge on any atom is -0.481 e. The summed E-state index contributed by atoms with van der Waals surface area (Å²) in [7, 11) is -3.69. The lowest BCUT2D eigenvalue weighted by atomic mass is 10.00. The van der Waals surface area contributed by atoms with E-state index in [1.807, 2.05) is 0 Å². The first-order valence-corrected chi connectivity index (χ1v) is 8.76. The molecule has 2 rings (SSSR count). The summed E-state index contributed by atoms with van der Waals surface area (Å²) < 4.78 is 45.3. The molecule has 0 radical (unpaired) electrons. The fourth-order valence-corrected chi connectivity index (χ4v) is 4.05. The lowest BCUT2D eigenvalue weighted by Gasteiger charge is -2.17. The molecule has 0 saturated carbocycles. The van der Waals surface area contributed by atoms with Gasteiger partial charge in [-0.15, -0.1) is 0 Å². The van der Waals surface area contributed by atoms with E-state index in [9.17, 15) is 22.7 Å². The average molecular weight is 345 g/mol. The largest absolute Gasteiger partial charge is 0.481 e. The van der Waals surface area contributed by atoms with Crippen molar-refractivity contribution in [1.82, 2.24) is 4.72 Å². The normalized spacial score (nSPS) is 22.0. The van der Waals surface area contributed by atoms with Crippen LogP contribution in [0.15, 0.2) is 24.3 Å². The van der Waals surface area contributed by atoms with Crippen molar-refractivity contribution in [2.24, 2.45) is 0 Å². The van der Waals surface area contributed by atoms with E-state index in [1.54, 1.807) is 13.8 Å². The molecule has 128 valence electrons. The van der Waals surface area contributed by atoms with E-state index in [2.05, 4.69) is 4.72 Å². The Hall–Kier alpha value is -1.51. The van der Waals surface area contributed by atoms with Crippen molar-refractivity contribution in [2.75, 3.05) is 13.2 Å². The highest BCUT2D eigenvalue weighted by molar-refractivity contribution is 7.90. The van der Waals surface area contributed by atoms with Gasteiger partial charge in [0.25, 0.3) is 0 Å². The van der Waals surface area contributed by atoms with E-state index in [4.69, 9.17) is 4.74 Å². The van der Waals surface area contributed by atoms with Gasteiger partial charge in [0.2, 0.25) is 10.0 Å². The van der Waals surface area contributed by atoms with Crippen LogP contribution in [0.5, 0.6) is 0 Å². The van der Waals surface area contributed by atoms with E-state index in [1.165, 1.54) is 12.1 Å². The molecule has 1 aliphatic heterocycles. The van der Waals surface area contributed by atoms with E-state index in [0.29, 0.717) is 12.0 Å². The molecule has 1 heterocycles. The Kier molecular flexibility index (Phi) is 5.07. The number of ether oxygens (including phenoxy) is 1. The summed E-state index contributed by atoms with van der Waals surface area (Å²) in [5.41, 5.74) is -0.174. The second-order valence-corrected chi connectivity index (χ2v) is 8.28. The van der Waals surface area contributed by atoms with Gasteiger partial charge in [-0.05, 0) is 38.0 Å². The number of aliphatic carboxylic acids is 1. The summed E-state index contributed by atoms with van der Waals surface area (Å²) in [6, 6.07) is 4.97. The molecular formula is C15H20FNO5S. The molecule has 1 aromatic rings. The highest BCUT2D eigenvalue weighted by Crippen LogP contribution is 2.28. The fraction of sp³-hybridized carbons (Fsp3) is 0.533. The summed E-state index contributed by atoms with van der Waals surface area (Å²) in [4.78, 5) is 11.4. The molecule has 0 aromatic heterocycles. The highest BCUT2D eigenvalue weighted by Gasteiger charge is 2.40. The molecule has 0 bridgehead atoms. The second kappa shape index (κ2) is 6.54. The Morgan fingerprint density at radius 2 is 2.04 bits per heavy atom.